The van der Waals surface area contributed by atoms with Crippen LogP contribution in [-0.2, 0) is 4.74 Å². The van der Waals surface area contributed by atoms with Crippen molar-refractivity contribution in [3.05, 3.63) is 47.3 Å². The van der Waals surface area contributed by atoms with E-state index in [1.54, 1.807) is 36.1 Å². The highest BCUT2D eigenvalue weighted by molar-refractivity contribution is 5.92. The number of nitrogens with one attached hydrogen (secondary N) is 1. The van der Waals surface area contributed by atoms with E-state index in [-0.39, 0.29) is 18.0 Å². The molecule has 1 aliphatic heterocycles. The fraction of sp³-hybridized carbons (Fsp3) is 0.389. The minimum absolute atomic E-state index is 0.0972. The van der Waals surface area contributed by atoms with Crippen LogP contribution in [-0.4, -0.2) is 35.2 Å². The summed E-state index contributed by atoms with van der Waals surface area (Å²) in [6.07, 6.45) is 1.77. The molecule has 1 aliphatic rings. The van der Waals surface area contributed by atoms with E-state index in [0.29, 0.717) is 30.2 Å². The average molecular weight is 343 g/mol. The number of nitrogens with zero attached hydrogens (tertiary/aromatic N) is 2. The second kappa shape index (κ2) is 7.38. The Morgan fingerprint density at radius 1 is 1.36 bits per heavy atom. The van der Waals surface area contributed by atoms with E-state index >= 15 is 0 Å². The Kier molecular flexibility index (Phi) is 5.02. The van der Waals surface area contributed by atoms with Gasteiger partial charge in [-0.2, -0.15) is 0 Å². The van der Waals surface area contributed by atoms with Gasteiger partial charge in [-0.15, -0.1) is 0 Å². The van der Waals surface area contributed by atoms with Crippen LogP contribution in [0.2, 0.25) is 0 Å². The topological polar surface area (TPSA) is 84.7 Å². The van der Waals surface area contributed by atoms with Gasteiger partial charge in [0.2, 0.25) is 0 Å². The fourth-order valence-corrected chi connectivity index (χ4v) is 2.95. The number of ether oxygens (including phenoxy) is 1. The summed E-state index contributed by atoms with van der Waals surface area (Å²) in [5.41, 5.74) is 1.88. The van der Waals surface area contributed by atoms with E-state index in [9.17, 15) is 9.59 Å². The Bertz CT molecular complexity index is 754. The van der Waals surface area contributed by atoms with Gasteiger partial charge >= 0.3 is 12.0 Å². The van der Waals surface area contributed by atoms with E-state index in [0.717, 1.165) is 18.5 Å². The van der Waals surface area contributed by atoms with E-state index < -0.39 is 0 Å². The quantitative estimate of drug-likeness (QED) is 0.859. The summed E-state index contributed by atoms with van der Waals surface area (Å²) in [4.78, 5) is 26.0. The maximum absolute atomic E-state index is 12.6. The molecular formula is C18H21N3O4. The molecule has 1 aromatic carbocycles. The van der Waals surface area contributed by atoms with Gasteiger partial charge in [-0.05, 0) is 51.0 Å². The molecule has 3 rings (SSSR count). The van der Waals surface area contributed by atoms with Crippen LogP contribution in [0.25, 0.3) is 0 Å². The van der Waals surface area contributed by atoms with Crippen LogP contribution in [0.5, 0.6) is 0 Å². The molecule has 0 spiro atoms. The predicted molar refractivity (Wildman–Crippen MR) is 91.3 cm³/mol. The number of rotatable bonds is 4. The summed E-state index contributed by atoms with van der Waals surface area (Å²) < 4.78 is 10.3. The molecule has 2 amide bonds. The van der Waals surface area contributed by atoms with E-state index in [1.165, 1.54) is 0 Å². The number of carbonyl (C=O) groups excluding carboxylic acids is 2. The Labute approximate surface area is 145 Å². The normalized spacial score (nSPS) is 16.7. The van der Waals surface area contributed by atoms with Gasteiger partial charge in [0.1, 0.15) is 0 Å². The van der Waals surface area contributed by atoms with Crippen molar-refractivity contribution < 1.29 is 18.8 Å². The van der Waals surface area contributed by atoms with Crippen LogP contribution in [0.15, 0.2) is 34.9 Å². The standard InChI is InChI=1S/C18H21N3O4/c1-3-24-17(22)13-6-8-14(9-7-13)19-18(23)21-10-4-5-15(21)16-11-12(2)20-25-16/h6-9,11,15H,3-5,10H2,1-2H3,(H,19,23)/t15-/m0/s1. The lowest BCUT2D eigenvalue weighted by Crippen LogP contribution is -2.34. The molecule has 25 heavy (non-hydrogen) atoms. The highest BCUT2D eigenvalue weighted by Crippen LogP contribution is 2.32. The van der Waals surface area contributed by atoms with E-state index in [1.807, 2.05) is 13.0 Å². The molecule has 2 heterocycles. The van der Waals surface area contributed by atoms with Crippen LogP contribution < -0.4 is 5.32 Å². The number of hydrogen-bond acceptors (Lipinski definition) is 5. The lowest BCUT2D eigenvalue weighted by Gasteiger charge is -2.23. The first-order valence-corrected chi connectivity index (χ1v) is 8.36. The van der Waals surface area contributed by atoms with Crippen molar-refractivity contribution in [2.75, 3.05) is 18.5 Å². The number of aromatic nitrogens is 1. The highest BCUT2D eigenvalue weighted by atomic mass is 16.5. The number of urea groups is 1. The summed E-state index contributed by atoms with van der Waals surface area (Å²) in [5.74, 6) is 0.337. The lowest BCUT2D eigenvalue weighted by molar-refractivity contribution is 0.0526. The monoisotopic (exact) mass is 343 g/mol. The van der Waals surface area contributed by atoms with Crippen LogP contribution in [0.3, 0.4) is 0 Å². The Balaban J connectivity index is 1.66. The van der Waals surface area contributed by atoms with Gasteiger partial charge in [0.25, 0.3) is 0 Å². The fourth-order valence-electron chi connectivity index (χ4n) is 2.95. The third-order valence-corrected chi connectivity index (χ3v) is 4.14. The average Bonchev–Trinajstić information content (AvgIpc) is 3.24. The van der Waals surface area contributed by atoms with Gasteiger partial charge in [-0.3, -0.25) is 0 Å². The molecule has 0 radical (unpaired) electrons. The van der Waals surface area contributed by atoms with Gasteiger partial charge < -0.3 is 19.5 Å². The summed E-state index contributed by atoms with van der Waals surface area (Å²) in [7, 11) is 0. The second-order valence-corrected chi connectivity index (χ2v) is 5.95. The van der Waals surface area contributed by atoms with Gasteiger partial charge in [0.15, 0.2) is 5.76 Å². The van der Waals surface area contributed by atoms with Gasteiger partial charge in [0, 0.05) is 18.3 Å². The first-order valence-electron chi connectivity index (χ1n) is 8.36. The third-order valence-electron chi connectivity index (χ3n) is 4.14. The second-order valence-electron chi connectivity index (χ2n) is 5.95. The van der Waals surface area contributed by atoms with Crippen molar-refractivity contribution >= 4 is 17.7 Å². The van der Waals surface area contributed by atoms with Crippen LogP contribution >= 0.6 is 0 Å². The highest BCUT2D eigenvalue weighted by Gasteiger charge is 2.32. The number of likely N-dealkylation sites (tertiary alicyclic amines) is 1. The van der Waals surface area contributed by atoms with Crippen molar-refractivity contribution in [2.24, 2.45) is 0 Å². The Hall–Kier alpha value is -2.83. The molecule has 132 valence electrons. The van der Waals surface area contributed by atoms with Gasteiger partial charge in [0.05, 0.1) is 23.9 Å². The lowest BCUT2D eigenvalue weighted by atomic mass is 10.1. The molecule has 0 saturated carbocycles. The van der Waals surface area contributed by atoms with E-state index in [4.69, 9.17) is 9.26 Å². The van der Waals surface area contributed by atoms with Gasteiger partial charge in [-0.1, -0.05) is 5.16 Å². The Morgan fingerprint density at radius 3 is 2.76 bits per heavy atom. The number of benzene rings is 1. The molecule has 1 N–H and O–H groups in total. The largest absolute Gasteiger partial charge is 0.462 e. The van der Waals surface area contributed by atoms with Crippen molar-refractivity contribution in [3.63, 3.8) is 0 Å². The number of aryl methyl sites for hydroxylation is 1. The summed E-state index contributed by atoms with van der Waals surface area (Å²) >= 11 is 0. The van der Waals surface area contributed by atoms with Crippen LogP contribution in [0, 0.1) is 6.92 Å². The minimum Gasteiger partial charge on any atom is -0.462 e. The summed E-state index contributed by atoms with van der Waals surface area (Å²) in [6.45, 7) is 4.61. The number of anilines is 1. The van der Waals surface area contributed by atoms with Crippen LogP contribution in [0.4, 0.5) is 10.5 Å². The van der Waals surface area contributed by atoms with Crippen molar-refractivity contribution in [1.82, 2.24) is 10.1 Å². The van der Waals surface area contributed by atoms with Crippen molar-refractivity contribution in [1.29, 1.82) is 0 Å². The predicted octanol–water partition coefficient (Wildman–Crippen LogP) is 3.53. The number of carbonyl (C=O) groups is 2. The number of amides is 2. The first-order chi connectivity index (χ1) is 12.1. The smallest absolute Gasteiger partial charge is 0.338 e. The molecule has 2 aromatic rings. The molecule has 1 aromatic heterocycles. The summed E-state index contributed by atoms with van der Waals surface area (Å²) in [5, 5.41) is 6.76. The molecule has 7 heteroatoms. The van der Waals surface area contributed by atoms with E-state index in [2.05, 4.69) is 10.5 Å². The molecule has 0 bridgehead atoms. The third kappa shape index (κ3) is 3.81. The molecule has 0 unspecified atom stereocenters. The molecular weight excluding hydrogens is 322 g/mol. The number of esters is 1. The van der Waals surface area contributed by atoms with Crippen molar-refractivity contribution in [2.45, 2.75) is 32.7 Å². The van der Waals surface area contributed by atoms with Gasteiger partial charge in [-0.25, -0.2) is 9.59 Å². The molecule has 1 saturated heterocycles. The Morgan fingerprint density at radius 2 is 2.12 bits per heavy atom. The minimum atomic E-state index is -0.374. The molecule has 1 fully saturated rings. The molecule has 1 atom stereocenters. The first kappa shape index (κ1) is 17.0. The van der Waals surface area contributed by atoms with Crippen LogP contribution in [0.1, 0.15) is 47.6 Å². The zero-order valence-corrected chi connectivity index (χ0v) is 14.3. The van der Waals surface area contributed by atoms with Crippen molar-refractivity contribution in [3.8, 4) is 0 Å². The maximum Gasteiger partial charge on any atom is 0.338 e. The summed E-state index contributed by atoms with van der Waals surface area (Å²) in [6, 6.07) is 8.22. The molecule has 0 aliphatic carbocycles. The zero-order valence-electron chi connectivity index (χ0n) is 14.3. The zero-order chi connectivity index (χ0) is 17.8. The number of hydrogen-bond donors (Lipinski definition) is 1. The maximum atomic E-state index is 12.6. The molecule has 7 nitrogen and oxygen atoms in total. The SMILES string of the molecule is CCOC(=O)c1ccc(NC(=O)N2CCC[C@H]2c2cc(C)no2)cc1.